The highest BCUT2D eigenvalue weighted by molar-refractivity contribution is 6.04. The highest BCUT2D eigenvalue weighted by Crippen LogP contribution is 2.72. The number of rotatable bonds is 4. The number of hydrogen-bond donors (Lipinski definition) is 0. The van der Waals surface area contributed by atoms with Gasteiger partial charge in [-0.25, -0.2) is 0 Å². The molecular formula is C33H49NO2. The number of allylic oxidation sites excluding steroid dienone is 3. The summed E-state index contributed by atoms with van der Waals surface area (Å²) in [6.45, 7) is 22.2. The van der Waals surface area contributed by atoms with Gasteiger partial charge in [-0.1, -0.05) is 60.6 Å². The van der Waals surface area contributed by atoms with Crippen LogP contribution in [0, 0.1) is 61.6 Å². The number of ketones is 2. The molecule has 4 aliphatic rings. The van der Waals surface area contributed by atoms with E-state index in [1.807, 2.05) is 19.9 Å². The van der Waals surface area contributed by atoms with Crippen LogP contribution in [0.2, 0.25) is 0 Å². The molecule has 0 amide bonds. The Labute approximate surface area is 220 Å². The van der Waals surface area contributed by atoms with E-state index in [9.17, 15) is 14.9 Å². The van der Waals surface area contributed by atoms with Crippen molar-refractivity contribution < 1.29 is 9.59 Å². The van der Waals surface area contributed by atoms with Crippen LogP contribution in [-0.4, -0.2) is 11.6 Å². The summed E-state index contributed by atoms with van der Waals surface area (Å²) >= 11 is 0. The van der Waals surface area contributed by atoms with Gasteiger partial charge in [0.2, 0.25) is 0 Å². The maximum absolute atomic E-state index is 13.2. The van der Waals surface area contributed by atoms with Crippen molar-refractivity contribution in [1.29, 1.82) is 5.26 Å². The maximum atomic E-state index is 13.2. The second kappa shape index (κ2) is 8.41. The van der Waals surface area contributed by atoms with E-state index in [0.717, 1.165) is 19.3 Å². The minimum Gasteiger partial charge on any atom is -0.300 e. The van der Waals surface area contributed by atoms with Crippen LogP contribution in [0.3, 0.4) is 0 Å². The van der Waals surface area contributed by atoms with E-state index in [4.69, 9.17) is 0 Å². The Hall–Kier alpha value is -1.69. The summed E-state index contributed by atoms with van der Waals surface area (Å²) in [6.07, 6.45) is 14.0. The average molecular weight is 492 g/mol. The van der Waals surface area contributed by atoms with Crippen molar-refractivity contribution in [2.45, 2.75) is 113 Å². The number of nitriles is 1. The summed E-state index contributed by atoms with van der Waals surface area (Å²) in [7, 11) is 0. The molecule has 198 valence electrons. The molecule has 7 atom stereocenters. The average Bonchev–Trinajstić information content (AvgIpc) is 2.78. The SMILES string of the molecule is C=C[C@]12CCC(C)(C)CC1C[C@](C)([C@]1(C)CCC3C(C)(C)C(=O)C(C#N)=C[C@]3(C)[C@H]1CC(C)=O)CC2. The molecule has 3 heteroatoms. The zero-order chi connectivity index (χ0) is 26.9. The Morgan fingerprint density at radius 1 is 1.06 bits per heavy atom. The fourth-order valence-corrected chi connectivity index (χ4v) is 10.0. The van der Waals surface area contributed by atoms with Crippen molar-refractivity contribution in [3.05, 3.63) is 24.3 Å². The predicted molar refractivity (Wildman–Crippen MR) is 146 cm³/mol. The van der Waals surface area contributed by atoms with Crippen molar-refractivity contribution in [2.24, 2.45) is 50.2 Å². The first-order valence-electron chi connectivity index (χ1n) is 14.3. The van der Waals surface area contributed by atoms with Gasteiger partial charge < -0.3 is 4.79 Å². The third-order valence-electron chi connectivity index (χ3n) is 12.5. The molecule has 0 aromatic carbocycles. The molecule has 0 aliphatic heterocycles. The third-order valence-corrected chi connectivity index (χ3v) is 12.5. The zero-order valence-electron chi connectivity index (χ0n) is 24.2. The normalized spacial score (nSPS) is 45.5. The molecule has 2 unspecified atom stereocenters. The van der Waals surface area contributed by atoms with E-state index in [0.29, 0.717) is 23.3 Å². The lowest BCUT2D eigenvalue weighted by molar-refractivity contribution is -0.173. The Balaban J connectivity index is 1.81. The molecule has 0 radical (unpaired) electrons. The van der Waals surface area contributed by atoms with Crippen LogP contribution in [-0.2, 0) is 9.59 Å². The Morgan fingerprint density at radius 3 is 2.28 bits per heavy atom. The minimum atomic E-state index is -0.593. The molecular weight excluding hydrogens is 442 g/mol. The molecule has 0 bridgehead atoms. The number of carbonyl (C=O) groups is 2. The largest absolute Gasteiger partial charge is 0.300 e. The van der Waals surface area contributed by atoms with Gasteiger partial charge in [0.25, 0.3) is 0 Å². The van der Waals surface area contributed by atoms with Crippen molar-refractivity contribution in [2.75, 3.05) is 0 Å². The molecule has 0 spiro atoms. The maximum Gasteiger partial charge on any atom is 0.178 e. The number of Topliss-reactive ketones (excluding diaryl/α,β-unsaturated/α-hetero) is 2. The molecule has 0 aromatic heterocycles. The second-order valence-corrected chi connectivity index (χ2v) is 15.3. The lowest BCUT2D eigenvalue weighted by Gasteiger charge is -2.67. The molecule has 0 aromatic rings. The lowest BCUT2D eigenvalue weighted by Crippen LogP contribution is -2.61. The van der Waals surface area contributed by atoms with E-state index >= 15 is 0 Å². The van der Waals surface area contributed by atoms with Gasteiger partial charge in [0.15, 0.2) is 5.78 Å². The summed E-state index contributed by atoms with van der Waals surface area (Å²) < 4.78 is 0. The Kier molecular flexibility index (Phi) is 6.39. The van der Waals surface area contributed by atoms with Crippen LogP contribution in [0.5, 0.6) is 0 Å². The molecule has 3 fully saturated rings. The molecule has 0 heterocycles. The van der Waals surface area contributed by atoms with E-state index in [-0.39, 0.29) is 45.1 Å². The molecule has 36 heavy (non-hydrogen) atoms. The second-order valence-electron chi connectivity index (χ2n) is 15.3. The fraction of sp³-hybridized carbons (Fsp3) is 0.788. The highest BCUT2D eigenvalue weighted by Gasteiger charge is 2.65. The van der Waals surface area contributed by atoms with Gasteiger partial charge in [0.1, 0.15) is 11.9 Å². The lowest BCUT2D eigenvalue weighted by atomic mass is 9.36. The number of hydrogen-bond acceptors (Lipinski definition) is 3. The van der Waals surface area contributed by atoms with E-state index in [2.05, 4.69) is 53.3 Å². The van der Waals surface area contributed by atoms with Crippen LogP contribution in [0.15, 0.2) is 24.3 Å². The van der Waals surface area contributed by atoms with Crippen LogP contribution in [0.25, 0.3) is 0 Å². The van der Waals surface area contributed by atoms with Crippen molar-refractivity contribution in [3.63, 3.8) is 0 Å². The zero-order valence-corrected chi connectivity index (χ0v) is 24.2. The monoisotopic (exact) mass is 491 g/mol. The molecule has 3 saturated carbocycles. The van der Waals surface area contributed by atoms with Crippen LogP contribution < -0.4 is 0 Å². The third kappa shape index (κ3) is 3.80. The first-order valence-corrected chi connectivity index (χ1v) is 14.3. The van der Waals surface area contributed by atoms with Crippen LogP contribution in [0.1, 0.15) is 113 Å². The van der Waals surface area contributed by atoms with E-state index < -0.39 is 5.41 Å². The molecule has 0 saturated heterocycles. The summed E-state index contributed by atoms with van der Waals surface area (Å²) in [6, 6.07) is 2.23. The standard InChI is InChI=1S/C33H49NO2/c1-10-33-15-13-28(3,4)19-24(33)20-30(7,14-16-33)32(9)12-11-25-29(5,6)27(36)23(21-34)18-31(25,8)26(32)17-22(2)35/h10,18,24-26H,1,11-17,19-20H2,2-9H3/t24?,25?,26-,30-,31+,32-,33-/m1/s1. The van der Waals surface area contributed by atoms with Crippen molar-refractivity contribution in [3.8, 4) is 6.07 Å². The summed E-state index contributed by atoms with van der Waals surface area (Å²) in [5, 5.41) is 9.91. The summed E-state index contributed by atoms with van der Waals surface area (Å²) in [5.74, 6) is 1.05. The first-order chi connectivity index (χ1) is 16.5. The minimum absolute atomic E-state index is 0.0262. The van der Waals surface area contributed by atoms with Crippen molar-refractivity contribution in [1.82, 2.24) is 0 Å². The Morgan fingerprint density at radius 2 is 1.69 bits per heavy atom. The number of carbonyl (C=O) groups excluding carboxylic acids is 2. The highest BCUT2D eigenvalue weighted by atomic mass is 16.1. The Bertz CT molecular complexity index is 1040. The topological polar surface area (TPSA) is 57.9 Å². The van der Waals surface area contributed by atoms with Gasteiger partial charge >= 0.3 is 0 Å². The van der Waals surface area contributed by atoms with Gasteiger partial charge in [-0.05, 0) is 103 Å². The van der Waals surface area contributed by atoms with Gasteiger partial charge in [0.05, 0.1) is 5.57 Å². The van der Waals surface area contributed by atoms with Gasteiger partial charge in [-0.3, -0.25) is 4.79 Å². The summed E-state index contributed by atoms with van der Waals surface area (Å²) in [5.41, 5.74) is -0.00553. The fourth-order valence-electron chi connectivity index (χ4n) is 10.0. The first kappa shape index (κ1) is 27.3. The van der Waals surface area contributed by atoms with Crippen molar-refractivity contribution >= 4 is 11.6 Å². The van der Waals surface area contributed by atoms with Gasteiger partial charge in [-0.15, -0.1) is 6.58 Å². The smallest absolute Gasteiger partial charge is 0.178 e. The quantitative estimate of drug-likeness (QED) is 0.372. The van der Waals surface area contributed by atoms with Crippen LogP contribution >= 0.6 is 0 Å². The molecule has 4 aliphatic carbocycles. The van der Waals surface area contributed by atoms with E-state index in [1.54, 1.807) is 6.92 Å². The van der Waals surface area contributed by atoms with Gasteiger partial charge in [-0.2, -0.15) is 5.26 Å². The van der Waals surface area contributed by atoms with Gasteiger partial charge in [0, 0.05) is 11.8 Å². The number of fused-ring (bicyclic) bond motifs is 2. The predicted octanol–water partition coefficient (Wildman–Crippen LogP) is 8.25. The summed E-state index contributed by atoms with van der Waals surface area (Å²) in [4.78, 5) is 26.1. The van der Waals surface area contributed by atoms with Crippen LogP contribution in [0.4, 0.5) is 0 Å². The van der Waals surface area contributed by atoms with E-state index in [1.165, 1.54) is 32.1 Å². The molecule has 3 nitrogen and oxygen atoms in total. The molecule has 4 rings (SSSR count). The number of nitrogens with zero attached hydrogens (tertiary/aromatic N) is 1. The molecule has 0 N–H and O–H groups in total.